The van der Waals surface area contributed by atoms with Crippen molar-refractivity contribution in [1.82, 2.24) is 9.66 Å². The number of aromatic nitrogens is 2. The molecule has 0 spiro atoms. The highest BCUT2D eigenvalue weighted by atomic mass is 16.5. The van der Waals surface area contributed by atoms with Crippen LogP contribution >= 0.6 is 0 Å². The molecule has 0 saturated carbocycles. The van der Waals surface area contributed by atoms with E-state index in [4.69, 9.17) is 19.9 Å². The molecule has 1 aromatic carbocycles. The highest BCUT2D eigenvalue weighted by Crippen LogP contribution is 2.36. The van der Waals surface area contributed by atoms with Crippen LogP contribution in [0.4, 0.5) is 5.95 Å². The summed E-state index contributed by atoms with van der Waals surface area (Å²) in [5.41, 5.74) is 7.20. The fourth-order valence-corrected chi connectivity index (χ4v) is 1.95. The number of rotatable bonds is 5. The molecule has 0 aliphatic carbocycles. The monoisotopic (exact) mass is 290 g/mol. The van der Waals surface area contributed by atoms with Crippen molar-refractivity contribution in [1.29, 1.82) is 0 Å². The number of imidazole rings is 1. The van der Waals surface area contributed by atoms with Crippen LogP contribution in [0, 0.1) is 6.92 Å². The summed E-state index contributed by atoms with van der Waals surface area (Å²) >= 11 is 0. The van der Waals surface area contributed by atoms with Gasteiger partial charge >= 0.3 is 0 Å². The smallest absolute Gasteiger partial charge is 0.221 e. The molecule has 0 saturated heterocycles. The lowest BCUT2D eigenvalue weighted by atomic mass is 10.1. The Balaban J connectivity index is 2.49. The number of anilines is 1. The standard InChI is InChI=1S/C14H18N4O3/c1-9-8-18(14(15)17-9)16-7-10-11(19-2)5-6-12(20-3)13(10)21-4/h5-8H,1-4H3,(H2,15,17). The van der Waals surface area contributed by atoms with Gasteiger partial charge in [-0.1, -0.05) is 0 Å². The summed E-state index contributed by atoms with van der Waals surface area (Å²) in [6.45, 7) is 1.84. The van der Waals surface area contributed by atoms with E-state index in [1.165, 1.54) is 4.68 Å². The number of ether oxygens (including phenoxy) is 3. The Kier molecular flexibility index (Phi) is 4.32. The molecule has 0 radical (unpaired) electrons. The fraction of sp³-hybridized carbons (Fsp3) is 0.286. The van der Waals surface area contributed by atoms with Crippen LogP contribution in [0.25, 0.3) is 0 Å². The van der Waals surface area contributed by atoms with Crippen LogP contribution in [0.1, 0.15) is 11.3 Å². The van der Waals surface area contributed by atoms with Gasteiger partial charge in [0, 0.05) is 0 Å². The third-order valence-electron chi connectivity index (χ3n) is 2.91. The number of nitrogens with zero attached hydrogens (tertiary/aromatic N) is 3. The maximum atomic E-state index is 5.75. The van der Waals surface area contributed by atoms with E-state index < -0.39 is 0 Å². The van der Waals surface area contributed by atoms with Gasteiger partial charge in [0.1, 0.15) is 5.75 Å². The zero-order valence-electron chi connectivity index (χ0n) is 12.5. The summed E-state index contributed by atoms with van der Waals surface area (Å²) < 4.78 is 17.5. The van der Waals surface area contributed by atoms with E-state index in [0.717, 1.165) is 5.69 Å². The molecule has 21 heavy (non-hydrogen) atoms. The van der Waals surface area contributed by atoms with E-state index in [-0.39, 0.29) is 0 Å². The quantitative estimate of drug-likeness (QED) is 0.847. The SMILES string of the molecule is COc1ccc(OC)c(OC)c1C=Nn1cc(C)nc1N. The Hall–Kier alpha value is -2.70. The first-order valence-corrected chi connectivity index (χ1v) is 6.25. The first-order chi connectivity index (χ1) is 10.1. The average molecular weight is 290 g/mol. The molecule has 2 N–H and O–H groups in total. The number of nitrogens with two attached hydrogens (primary N) is 1. The Bertz CT molecular complexity index is 664. The number of benzene rings is 1. The molecule has 2 aromatic rings. The van der Waals surface area contributed by atoms with Gasteiger partial charge in [-0.3, -0.25) is 0 Å². The second-order valence-corrected chi connectivity index (χ2v) is 4.25. The zero-order chi connectivity index (χ0) is 15.4. The van der Waals surface area contributed by atoms with Gasteiger partial charge in [0.25, 0.3) is 0 Å². The first-order valence-electron chi connectivity index (χ1n) is 6.25. The van der Waals surface area contributed by atoms with Crippen molar-refractivity contribution in [2.45, 2.75) is 6.92 Å². The summed E-state index contributed by atoms with van der Waals surface area (Å²) in [4.78, 5) is 4.08. The van der Waals surface area contributed by atoms with E-state index in [2.05, 4.69) is 10.1 Å². The van der Waals surface area contributed by atoms with Gasteiger partial charge in [-0.2, -0.15) is 5.10 Å². The third-order valence-corrected chi connectivity index (χ3v) is 2.91. The lowest BCUT2D eigenvalue weighted by molar-refractivity contribution is 0.348. The second kappa shape index (κ2) is 6.17. The van der Waals surface area contributed by atoms with Crippen LogP contribution in [0.5, 0.6) is 17.2 Å². The number of methoxy groups -OCH3 is 3. The molecule has 112 valence electrons. The highest BCUT2D eigenvalue weighted by Gasteiger charge is 2.14. The van der Waals surface area contributed by atoms with Gasteiger partial charge < -0.3 is 19.9 Å². The molecule has 2 rings (SSSR count). The maximum absolute atomic E-state index is 5.75. The Morgan fingerprint density at radius 3 is 2.33 bits per heavy atom. The molecule has 0 bridgehead atoms. The minimum atomic E-state index is 0.310. The zero-order valence-corrected chi connectivity index (χ0v) is 12.5. The van der Waals surface area contributed by atoms with E-state index in [9.17, 15) is 0 Å². The van der Waals surface area contributed by atoms with Gasteiger partial charge in [0.05, 0.1) is 45.0 Å². The van der Waals surface area contributed by atoms with E-state index in [1.54, 1.807) is 45.9 Å². The Morgan fingerprint density at radius 1 is 1.14 bits per heavy atom. The van der Waals surface area contributed by atoms with Crippen molar-refractivity contribution in [2.75, 3.05) is 27.1 Å². The van der Waals surface area contributed by atoms with E-state index >= 15 is 0 Å². The molecule has 0 aliphatic rings. The van der Waals surface area contributed by atoms with Gasteiger partial charge in [0.15, 0.2) is 11.5 Å². The van der Waals surface area contributed by atoms with Crippen molar-refractivity contribution < 1.29 is 14.2 Å². The molecule has 1 heterocycles. The maximum Gasteiger partial charge on any atom is 0.221 e. The predicted molar refractivity (Wildman–Crippen MR) is 80.5 cm³/mol. The average Bonchev–Trinajstić information content (AvgIpc) is 2.81. The number of hydrogen-bond donors (Lipinski definition) is 1. The second-order valence-electron chi connectivity index (χ2n) is 4.25. The van der Waals surface area contributed by atoms with Gasteiger partial charge in [-0.15, -0.1) is 0 Å². The van der Waals surface area contributed by atoms with Crippen molar-refractivity contribution in [3.63, 3.8) is 0 Å². The van der Waals surface area contributed by atoms with Crippen LogP contribution in [0.3, 0.4) is 0 Å². The molecular formula is C14H18N4O3. The summed E-state index contributed by atoms with van der Waals surface area (Å²) in [6, 6.07) is 3.55. The molecule has 0 aliphatic heterocycles. The highest BCUT2D eigenvalue weighted by molar-refractivity contribution is 5.89. The summed E-state index contributed by atoms with van der Waals surface area (Å²) in [7, 11) is 4.71. The van der Waals surface area contributed by atoms with Crippen LogP contribution < -0.4 is 19.9 Å². The largest absolute Gasteiger partial charge is 0.496 e. The summed E-state index contributed by atoms with van der Waals surface area (Å²) in [5, 5.41) is 4.28. The van der Waals surface area contributed by atoms with Crippen molar-refractivity contribution in [2.24, 2.45) is 5.10 Å². The minimum Gasteiger partial charge on any atom is -0.496 e. The predicted octanol–water partition coefficient (Wildman–Crippen LogP) is 1.68. The molecule has 7 heteroatoms. The third kappa shape index (κ3) is 2.91. The molecule has 7 nitrogen and oxygen atoms in total. The topological polar surface area (TPSA) is 83.9 Å². The van der Waals surface area contributed by atoms with Crippen LogP contribution in [0.2, 0.25) is 0 Å². The van der Waals surface area contributed by atoms with Crippen molar-refractivity contribution in [3.8, 4) is 17.2 Å². The lowest BCUT2D eigenvalue weighted by Crippen LogP contribution is -2.01. The molecule has 1 aromatic heterocycles. The Morgan fingerprint density at radius 2 is 1.81 bits per heavy atom. The summed E-state index contributed by atoms with van der Waals surface area (Å²) in [6.07, 6.45) is 3.32. The molecule has 0 unspecified atom stereocenters. The Labute approximate surface area is 122 Å². The number of aryl methyl sites for hydroxylation is 1. The molecular weight excluding hydrogens is 272 g/mol. The summed E-state index contributed by atoms with van der Waals surface area (Å²) in [5.74, 6) is 2.06. The van der Waals surface area contributed by atoms with Crippen molar-refractivity contribution >= 4 is 12.2 Å². The van der Waals surface area contributed by atoms with Crippen LogP contribution in [-0.4, -0.2) is 37.2 Å². The minimum absolute atomic E-state index is 0.310. The van der Waals surface area contributed by atoms with Gasteiger partial charge in [-0.25, -0.2) is 9.66 Å². The number of hydrogen-bond acceptors (Lipinski definition) is 6. The van der Waals surface area contributed by atoms with Gasteiger partial charge in [0.2, 0.25) is 5.95 Å². The van der Waals surface area contributed by atoms with Crippen LogP contribution in [0.15, 0.2) is 23.4 Å². The van der Waals surface area contributed by atoms with Crippen molar-refractivity contribution in [3.05, 3.63) is 29.6 Å². The fourth-order valence-electron chi connectivity index (χ4n) is 1.95. The van der Waals surface area contributed by atoms with E-state index in [1.807, 2.05) is 6.92 Å². The normalized spacial score (nSPS) is 10.9. The first kappa shape index (κ1) is 14.7. The van der Waals surface area contributed by atoms with Crippen LogP contribution in [-0.2, 0) is 0 Å². The number of nitrogen functional groups attached to an aromatic ring is 1. The lowest BCUT2D eigenvalue weighted by Gasteiger charge is -2.13. The molecule has 0 fully saturated rings. The van der Waals surface area contributed by atoms with Gasteiger partial charge in [-0.05, 0) is 19.1 Å². The molecule has 0 amide bonds. The molecule has 0 atom stereocenters. The van der Waals surface area contributed by atoms with E-state index in [0.29, 0.717) is 28.8 Å².